The van der Waals surface area contributed by atoms with E-state index >= 15 is 0 Å². The summed E-state index contributed by atoms with van der Waals surface area (Å²) in [5, 5.41) is 17.4. The summed E-state index contributed by atoms with van der Waals surface area (Å²) in [4.78, 5) is 41.4. The molecule has 0 fully saturated rings. The van der Waals surface area contributed by atoms with E-state index in [1.807, 2.05) is 48.5 Å². The Morgan fingerprint density at radius 2 is 1.63 bits per heavy atom. The Hall–Kier alpha value is -4.63. The Morgan fingerprint density at radius 1 is 0.842 bits per heavy atom. The lowest BCUT2D eigenvalue weighted by Gasteiger charge is -2.15. The number of amides is 3. The summed E-state index contributed by atoms with van der Waals surface area (Å²) in [5.74, 6) is -1.21. The third-order valence-corrected chi connectivity index (χ3v) is 6.75. The van der Waals surface area contributed by atoms with Crippen LogP contribution in [0.15, 0.2) is 108 Å². The van der Waals surface area contributed by atoms with E-state index in [9.17, 15) is 19.5 Å². The molecular weight excluding hydrogens is 500 g/mol. The fourth-order valence-corrected chi connectivity index (χ4v) is 4.75. The summed E-state index contributed by atoms with van der Waals surface area (Å²) in [6, 6.07) is 26.7. The molecule has 3 amide bonds. The first-order chi connectivity index (χ1) is 18.5. The van der Waals surface area contributed by atoms with Crippen molar-refractivity contribution in [3.05, 3.63) is 120 Å². The molecule has 0 radical (unpaired) electrons. The summed E-state index contributed by atoms with van der Waals surface area (Å²) >= 11 is 1.42. The second kappa shape index (κ2) is 13.1. The summed E-state index contributed by atoms with van der Waals surface area (Å²) < 4.78 is 0. The molecule has 0 bridgehead atoms. The molecule has 0 saturated heterocycles. The Morgan fingerprint density at radius 3 is 2.34 bits per heavy atom. The SMILES string of the molecule is O=C(O)CC(Sc1ccc(NC(=O)c2cccc(NC(=O)NCc3ccccc3)c2)cc1)c1cccnc1. The third-order valence-electron chi connectivity index (χ3n) is 5.49. The van der Waals surface area contributed by atoms with Crippen molar-refractivity contribution in [2.24, 2.45) is 0 Å². The van der Waals surface area contributed by atoms with Gasteiger partial charge in [0.1, 0.15) is 0 Å². The number of hydrogen-bond acceptors (Lipinski definition) is 5. The number of nitrogens with one attached hydrogen (secondary N) is 3. The van der Waals surface area contributed by atoms with Gasteiger partial charge in [0.05, 0.1) is 6.42 Å². The van der Waals surface area contributed by atoms with Crippen LogP contribution in [0.1, 0.15) is 33.2 Å². The first-order valence-electron chi connectivity index (χ1n) is 11.8. The molecule has 192 valence electrons. The van der Waals surface area contributed by atoms with E-state index in [1.54, 1.807) is 54.9 Å². The number of carbonyl (C=O) groups excluding carboxylic acids is 2. The lowest BCUT2D eigenvalue weighted by Crippen LogP contribution is -2.28. The van der Waals surface area contributed by atoms with Gasteiger partial charge in [0.2, 0.25) is 0 Å². The van der Waals surface area contributed by atoms with Crippen molar-refractivity contribution >= 4 is 41.0 Å². The van der Waals surface area contributed by atoms with Gasteiger partial charge in [-0.3, -0.25) is 14.6 Å². The van der Waals surface area contributed by atoms with Gasteiger partial charge >= 0.3 is 12.0 Å². The Labute approximate surface area is 224 Å². The molecule has 0 saturated carbocycles. The van der Waals surface area contributed by atoms with E-state index in [0.717, 1.165) is 16.0 Å². The van der Waals surface area contributed by atoms with E-state index in [1.165, 1.54) is 11.8 Å². The second-order valence-electron chi connectivity index (χ2n) is 8.34. The number of rotatable bonds is 10. The van der Waals surface area contributed by atoms with Gasteiger partial charge < -0.3 is 21.1 Å². The van der Waals surface area contributed by atoms with Crippen LogP contribution in [0.4, 0.5) is 16.2 Å². The highest BCUT2D eigenvalue weighted by Gasteiger charge is 2.17. The van der Waals surface area contributed by atoms with E-state index in [-0.39, 0.29) is 23.6 Å². The van der Waals surface area contributed by atoms with Crippen LogP contribution >= 0.6 is 11.8 Å². The van der Waals surface area contributed by atoms with Crippen molar-refractivity contribution in [2.45, 2.75) is 23.1 Å². The van der Waals surface area contributed by atoms with Crippen molar-refractivity contribution in [2.75, 3.05) is 10.6 Å². The summed E-state index contributed by atoms with van der Waals surface area (Å²) in [6.45, 7) is 0.389. The molecule has 38 heavy (non-hydrogen) atoms. The molecule has 4 N–H and O–H groups in total. The zero-order chi connectivity index (χ0) is 26.7. The standard InChI is InChI=1S/C29H26N4O4S/c34-27(35)17-26(22-9-5-15-30-19-22)38-25-13-11-23(12-14-25)32-28(36)21-8-4-10-24(16-21)33-29(37)31-18-20-6-2-1-3-7-20/h1-16,19,26H,17-18H2,(H,32,36)(H,34,35)(H2,31,33,37). The Balaban J connectivity index is 1.33. The van der Waals surface area contributed by atoms with Crippen molar-refractivity contribution in [3.8, 4) is 0 Å². The number of carboxylic acid groups (broad SMARTS) is 1. The molecule has 0 aliphatic rings. The van der Waals surface area contributed by atoms with Gasteiger partial charge in [-0.05, 0) is 59.7 Å². The summed E-state index contributed by atoms with van der Waals surface area (Å²) in [7, 11) is 0. The molecule has 0 aliphatic heterocycles. The molecule has 1 aromatic heterocycles. The van der Waals surface area contributed by atoms with E-state index in [4.69, 9.17) is 0 Å². The number of anilines is 2. The molecule has 8 nitrogen and oxygen atoms in total. The number of carbonyl (C=O) groups is 3. The van der Waals surface area contributed by atoms with Crippen LogP contribution in [-0.2, 0) is 11.3 Å². The molecule has 0 spiro atoms. The minimum absolute atomic E-state index is 0.0382. The van der Waals surface area contributed by atoms with Gasteiger partial charge in [-0.1, -0.05) is 42.5 Å². The second-order valence-corrected chi connectivity index (χ2v) is 9.62. The van der Waals surface area contributed by atoms with Gasteiger partial charge in [0.15, 0.2) is 0 Å². The normalized spacial score (nSPS) is 11.3. The highest BCUT2D eigenvalue weighted by molar-refractivity contribution is 7.99. The van der Waals surface area contributed by atoms with Crippen molar-refractivity contribution in [1.82, 2.24) is 10.3 Å². The number of aliphatic carboxylic acids is 1. The summed E-state index contributed by atoms with van der Waals surface area (Å²) in [6.07, 6.45) is 3.28. The van der Waals surface area contributed by atoms with Gasteiger partial charge in [0, 0.05) is 46.0 Å². The first kappa shape index (κ1) is 26.4. The van der Waals surface area contributed by atoms with Crippen molar-refractivity contribution in [1.29, 1.82) is 0 Å². The Bertz CT molecular complexity index is 1380. The number of thioether (sulfide) groups is 1. The van der Waals surface area contributed by atoms with Crippen LogP contribution in [0, 0.1) is 0 Å². The zero-order valence-corrected chi connectivity index (χ0v) is 21.2. The molecule has 4 rings (SSSR count). The predicted octanol–water partition coefficient (Wildman–Crippen LogP) is 5.96. The van der Waals surface area contributed by atoms with Crippen LogP contribution in [-0.4, -0.2) is 28.0 Å². The van der Waals surface area contributed by atoms with E-state index in [2.05, 4.69) is 20.9 Å². The number of aromatic nitrogens is 1. The number of hydrogen-bond donors (Lipinski definition) is 4. The van der Waals surface area contributed by atoms with Gasteiger partial charge in [-0.2, -0.15) is 0 Å². The average molecular weight is 527 g/mol. The van der Waals surface area contributed by atoms with Crippen molar-refractivity contribution in [3.63, 3.8) is 0 Å². The van der Waals surface area contributed by atoms with Crippen LogP contribution in [0.2, 0.25) is 0 Å². The van der Waals surface area contributed by atoms with Crippen LogP contribution in [0.3, 0.4) is 0 Å². The lowest BCUT2D eigenvalue weighted by atomic mass is 10.1. The quantitative estimate of drug-likeness (QED) is 0.189. The highest BCUT2D eigenvalue weighted by atomic mass is 32.2. The fraction of sp³-hybridized carbons (Fsp3) is 0.103. The number of carboxylic acids is 1. The van der Waals surface area contributed by atoms with Crippen molar-refractivity contribution < 1.29 is 19.5 Å². The van der Waals surface area contributed by atoms with Crippen LogP contribution in [0.25, 0.3) is 0 Å². The molecule has 0 aliphatic carbocycles. The monoisotopic (exact) mass is 526 g/mol. The maximum Gasteiger partial charge on any atom is 0.319 e. The van der Waals surface area contributed by atoms with Gasteiger partial charge in [0.25, 0.3) is 5.91 Å². The smallest absolute Gasteiger partial charge is 0.319 e. The fourth-order valence-electron chi connectivity index (χ4n) is 3.63. The largest absolute Gasteiger partial charge is 0.481 e. The summed E-state index contributed by atoms with van der Waals surface area (Å²) in [5.41, 5.74) is 3.29. The topological polar surface area (TPSA) is 120 Å². The molecule has 1 heterocycles. The molecule has 1 atom stereocenters. The highest BCUT2D eigenvalue weighted by Crippen LogP contribution is 2.37. The third kappa shape index (κ3) is 7.94. The molecule has 9 heteroatoms. The number of nitrogens with zero attached hydrogens (tertiary/aromatic N) is 1. The minimum Gasteiger partial charge on any atom is -0.481 e. The molecular formula is C29H26N4O4S. The Kier molecular flexibility index (Phi) is 9.09. The maximum atomic E-state index is 12.8. The zero-order valence-electron chi connectivity index (χ0n) is 20.3. The predicted molar refractivity (Wildman–Crippen MR) is 148 cm³/mol. The molecule has 3 aromatic carbocycles. The first-order valence-corrected chi connectivity index (χ1v) is 12.7. The van der Waals surface area contributed by atoms with E-state index in [0.29, 0.717) is 23.5 Å². The molecule has 4 aromatic rings. The number of benzene rings is 3. The minimum atomic E-state index is -0.888. The maximum absolute atomic E-state index is 12.8. The van der Waals surface area contributed by atoms with Gasteiger partial charge in [-0.15, -0.1) is 11.8 Å². The molecule has 1 unspecified atom stereocenters. The average Bonchev–Trinajstić information content (AvgIpc) is 2.93. The van der Waals surface area contributed by atoms with Gasteiger partial charge in [-0.25, -0.2) is 4.79 Å². The lowest BCUT2D eigenvalue weighted by molar-refractivity contribution is -0.137. The number of pyridine rings is 1. The van der Waals surface area contributed by atoms with Crippen LogP contribution < -0.4 is 16.0 Å². The van der Waals surface area contributed by atoms with E-state index < -0.39 is 5.97 Å². The number of urea groups is 1. The van der Waals surface area contributed by atoms with Crippen LogP contribution in [0.5, 0.6) is 0 Å².